The zero-order chi connectivity index (χ0) is 41.3. The van der Waals surface area contributed by atoms with Gasteiger partial charge in [-0.3, -0.25) is 9.59 Å². The summed E-state index contributed by atoms with van der Waals surface area (Å²) in [6.07, 6.45) is 39.7. The maximum absolute atomic E-state index is 12.5. The number of aryl methyl sites for hydroxylation is 2. The number of rotatable bonds is 43. The van der Waals surface area contributed by atoms with Crippen LogP contribution in [0.5, 0.6) is 0 Å². The predicted molar refractivity (Wildman–Crippen MR) is 243 cm³/mol. The van der Waals surface area contributed by atoms with Crippen molar-refractivity contribution in [2.75, 3.05) is 39.5 Å². The van der Waals surface area contributed by atoms with Gasteiger partial charge >= 0.3 is 11.9 Å². The summed E-state index contributed by atoms with van der Waals surface area (Å²) in [4.78, 5) is 26.9. The second-order valence-electron chi connectivity index (χ2n) is 17.1. The summed E-state index contributed by atoms with van der Waals surface area (Å²) in [5, 5.41) is 9.56. The first-order valence-electron chi connectivity index (χ1n) is 24.8. The highest BCUT2D eigenvalue weighted by Crippen LogP contribution is 2.20. The van der Waals surface area contributed by atoms with Gasteiger partial charge in [0.05, 0.1) is 19.8 Å². The number of benzene rings is 1. The molecule has 0 saturated heterocycles. The van der Waals surface area contributed by atoms with Gasteiger partial charge in [-0.25, -0.2) is 0 Å². The summed E-state index contributed by atoms with van der Waals surface area (Å²) in [5.74, 6) is -0.0947. The van der Waals surface area contributed by atoms with Crippen molar-refractivity contribution < 1.29 is 24.2 Å². The van der Waals surface area contributed by atoms with Crippen LogP contribution in [0.15, 0.2) is 18.2 Å². The second kappa shape index (κ2) is 40.8. The maximum atomic E-state index is 12.5. The minimum Gasteiger partial charge on any atom is -0.466 e. The van der Waals surface area contributed by atoms with E-state index >= 15 is 0 Å². The molecular formula is C51H93NO5. The van der Waals surface area contributed by atoms with Crippen LogP contribution in [-0.4, -0.2) is 61.4 Å². The van der Waals surface area contributed by atoms with Crippen molar-refractivity contribution in [1.29, 1.82) is 0 Å². The van der Waals surface area contributed by atoms with Crippen LogP contribution in [0.1, 0.15) is 237 Å². The summed E-state index contributed by atoms with van der Waals surface area (Å²) in [5.41, 5.74) is 4.36. The highest BCUT2D eigenvalue weighted by molar-refractivity contribution is 5.69. The Labute approximate surface area is 353 Å². The highest BCUT2D eigenvalue weighted by atomic mass is 16.5. The molecule has 1 rings (SSSR count). The maximum Gasteiger partial charge on any atom is 0.305 e. The number of carbonyl (C=O) groups excluding carboxylic acids is 2. The normalized spacial score (nSPS) is 11.5. The number of nitrogens with zero attached hydrogens (tertiary/aromatic N) is 1. The van der Waals surface area contributed by atoms with Gasteiger partial charge in [-0.2, -0.15) is 0 Å². The number of unbranched alkanes of at least 4 members (excludes halogenated alkanes) is 24. The van der Waals surface area contributed by atoms with Gasteiger partial charge in [-0.15, -0.1) is 0 Å². The van der Waals surface area contributed by atoms with E-state index in [2.05, 4.69) is 43.9 Å². The van der Waals surface area contributed by atoms with Gasteiger partial charge in [0, 0.05) is 25.8 Å². The summed E-state index contributed by atoms with van der Waals surface area (Å²) in [6, 6.07) is 7.05. The molecule has 0 unspecified atom stereocenters. The number of hydrogen-bond donors (Lipinski definition) is 1. The van der Waals surface area contributed by atoms with E-state index in [1.54, 1.807) is 0 Å². The number of carbonyl (C=O) groups is 2. The molecule has 0 aliphatic carbocycles. The summed E-state index contributed by atoms with van der Waals surface area (Å²) in [7, 11) is 0. The quantitative estimate of drug-likeness (QED) is 0.0524. The van der Waals surface area contributed by atoms with Crippen LogP contribution in [0.4, 0.5) is 0 Å². The Balaban J connectivity index is 2.16. The molecule has 0 radical (unpaired) electrons. The Morgan fingerprint density at radius 3 is 1.39 bits per heavy atom. The molecule has 0 aliphatic heterocycles. The Kier molecular flexibility index (Phi) is 38.0. The van der Waals surface area contributed by atoms with Crippen LogP contribution >= 0.6 is 0 Å². The fraction of sp³-hybridized carbons (Fsp3) is 0.843. The largest absolute Gasteiger partial charge is 0.466 e. The van der Waals surface area contributed by atoms with Crippen LogP contribution in [0.25, 0.3) is 0 Å². The van der Waals surface area contributed by atoms with Crippen molar-refractivity contribution in [1.82, 2.24) is 4.90 Å². The standard InChI is InChI=1S/C51H93NO5/c1-4-7-10-13-16-25-32-44-56-50(54)35-28-21-17-23-30-40-52(42-43-53)41-31-24-18-22-29-36-51(55)57-45-39-47-37-38-48(33-26-19-14-11-8-5-2)49(46-47)34-27-20-15-12-9-6-3/h37-38,46,53H,4-36,39-45H2,1-3H3. The fourth-order valence-electron chi connectivity index (χ4n) is 7.92. The average molecular weight is 800 g/mol. The third-order valence-corrected chi connectivity index (χ3v) is 11.7. The molecule has 0 heterocycles. The van der Waals surface area contributed by atoms with E-state index in [4.69, 9.17) is 9.47 Å². The van der Waals surface area contributed by atoms with Crippen LogP contribution in [-0.2, 0) is 38.3 Å². The Hall–Kier alpha value is -1.92. The lowest BCUT2D eigenvalue weighted by atomic mass is 9.94. The molecule has 0 amide bonds. The van der Waals surface area contributed by atoms with Crippen molar-refractivity contribution in [3.05, 3.63) is 34.9 Å². The van der Waals surface area contributed by atoms with Gasteiger partial charge in [0.1, 0.15) is 0 Å². The van der Waals surface area contributed by atoms with E-state index < -0.39 is 0 Å². The van der Waals surface area contributed by atoms with Gasteiger partial charge < -0.3 is 19.5 Å². The average Bonchev–Trinajstić information content (AvgIpc) is 3.21. The van der Waals surface area contributed by atoms with Crippen LogP contribution in [0, 0.1) is 0 Å². The van der Waals surface area contributed by atoms with Crippen LogP contribution in [0.3, 0.4) is 0 Å². The van der Waals surface area contributed by atoms with Crippen molar-refractivity contribution in [3.63, 3.8) is 0 Å². The summed E-state index contributed by atoms with van der Waals surface area (Å²) in [6.45, 7) is 10.8. The van der Waals surface area contributed by atoms with Gasteiger partial charge in [-0.05, 0) is 87.6 Å². The molecular weight excluding hydrogens is 707 g/mol. The van der Waals surface area contributed by atoms with Crippen molar-refractivity contribution >= 4 is 11.9 Å². The first-order valence-corrected chi connectivity index (χ1v) is 24.8. The predicted octanol–water partition coefficient (Wildman–Crippen LogP) is 13.8. The van der Waals surface area contributed by atoms with Gasteiger partial charge in [0.2, 0.25) is 0 Å². The zero-order valence-corrected chi connectivity index (χ0v) is 38.0. The van der Waals surface area contributed by atoms with Crippen molar-refractivity contribution in [2.45, 2.75) is 239 Å². The number of hydrogen-bond acceptors (Lipinski definition) is 6. The van der Waals surface area contributed by atoms with E-state index in [1.165, 1.54) is 145 Å². The SMILES string of the molecule is CCCCCCCCCOC(=O)CCCCCCCN(CCO)CCCCCCCC(=O)OCCc1ccc(CCCCCCCC)c(CCCCCCCC)c1. The Morgan fingerprint density at radius 2 is 0.877 bits per heavy atom. The van der Waals surface area contributed by atoms with E-state index in [9.17, 15) is 14.7 Å². The lowest BCUT2D eigenvalue weighted by Crippen LogP contribution is -2.29. The van der Waals surface area contributed by atoms with Gasteiger partial charge in [0.25, 0.3) is 0 Å². The van der Waals surface area contributed by atoms with Crippen molar-refractivity contribution in [2.24, 2.45) is 0 Å². The van der Waals surface area contributed by atoms with Crippen molar-refractivity contribution in [3.8, 4) is 0 Å². The monoisotopic (exact) mass is 800 g/mol. The lowest BCUT2D eigenvalue weighted by molar-refractivity contribution is -0.144. The summed E-state index contributed by atoms with van der Waals surface area (Å²) >= 11 is 0. The minimum absolute atomic E-state index is 0.0344. The first kappa shape index (κ1) is 53.1. The zero-order valence-electron chi connectivity index (χ0n) is 38.0. The molecule has 0 aromatic heterocycles. The Bertz CT molecular complexity index is 1040. The van der Waals surface area contributed by atoms with Crippen LogP contribution in [0.2, 0.25) is 0 Å². The smallest absolute Gasteiger partial charge is 0.305 e. The fourth-order valence-corrected chi connectivity index (χ4v) is 7.92. The molecule has 0 atom stereocenters. The molecule has 1 aromatic carbocycles. The molecule has 57 heavy (non-hydrogen) atoms. The van der Waals surface area contributed by atoms with Gasteiger partial charge in [0.15, 0.2) is 0 Å². The minimum atomic E-state index is -0.0603. The number of esters is 2. The molecule has 0 spiro atoms. The number of ether oxygens (including phenoxy) is 2. The van der Waals surface area contributed by atoms with Crippen LogP contribution < -0.4 is 0 Å². The molecule has 6 nitrogen and oxygen atoms in total. The molecule has 0 fully saturated rings. The lowest BCUT2D eigenvalue weighted by Gasteiger charge is -2.21. The Morgan fingerprint density at radius 1 is 0.456 bits per heavy atom. The topological polar surface area (TPSA) is 76.1 Å². The molecule has 1 aromatic rings. The second-order valence-corrected chi connectivity index (χ2v) is 17.1. The molecule has 0 aliphatic rings. The number of aliphatic hydroxyl groups excluding tert-OH is 1. The molecule has 6 heteroatoms. The third-order valence-electron chi connectivity index (χ3n) is 11.7. The van der Waals surface area contributed by atoms with E-state index in [-0.39, 0.29) is 18.5 Å². The van der Waals surface area contributed by atoms with E-state index in [0.29, 0.717) is 26.1 Å². The van der Waals surface area contributed by atoms with E-state index in [1.807, 2.05) is 0 Å². The molecule has 0 saturated carbocycles. The number of aliphatic hydroxyl groups is 1. The van der Waals surface area contributed by atoms with Gasteiger partial charge in [-0.1, -0.05) is 180 Å². The molecule has 1 N–H and O–H groups in total. The van der Waals surface area contributed by atoms with E-state index in [0.717, 1.165) is 96.7 Å². The third kappa shape index (κ3) is 33.6. The first-order chi connectivity index (χ1) is 28.0. The highest BCUT2D eigenvalue weighted by Gasteiger charge is 2.09. The molecule has 0 bridgehead atoms. The summed E-state index contributed by atoms with van der Waals surface area (Å²) < 4.78 is 11.1. The molecule has 332 valence electrons.